The van der Waals surface area contributed by atoms with Crippen LogP contribution in [0.4, 0.5) is 14.6 Å². The normalized spacial score (nSPS) is 22.4. The minimum atomic E-state index is -3.09. The van der Waals surface area contributed by atoms with Gasteiger partial charge in [-0.15, -0.1) is 0 Å². The lowest BCUT2D eigenvalue weighted by molar-refractivity contribution is 0.226. The topological polar surface area (TPSA) is 116 Å². The van der Waals surface area contributed by atoms with Gasteiger partial charge in [-0.25, -0.2) is 32.2 Å². The van der Waals surface area contributed by atoms with Crippen molar-refractivity contribution in [3.63, 3.8) is 0 Å². The quantitative estimate of drug-likeness (QED) is 0.624. The van der Waals surface area contributed by atoms with Crippen molar-refractivity contribution in [1.29, 1.82) is 5.41 Å². The average molecular weight is 453 g/mol. The molecule has 3 atom stereocenters. The van der Waals surface area contributed by atoms with Crippen LogP contribution in [0.25, 0.3) is 17.5 Å². The predicted molar refractivity (Wildman–Crippen MR) is 116 cm³/mol. The molecule has 3 rings (SSSR count). The Balaban J connectivity index is 1.82. The Bertz CT molecular complexity index is 1070. The van der Waals surface area contributed by atoms with Gasteiger partial charge < -0.3 is 9.88 Å². The van der Waals surface area contributed by atoms with E-state index in [-0.39, 0.29) is 17.7 Å². The number of rotatable bonds is 7. The van der Waals surface area contributed by atoms with E-state index >= 15 is 0 Å². The predicted octanol–water partition coefficient (Wildman–Crippen LogP) is 3.06. The van der Waals surface area contributed by atoms with E-state index < -0.39 is 22.0 Å². The van der Waals surface area contributed by atoms with E-state index in [9.17, 15) is 17.2 Å². The first-order chi connectivity index (χ1) is 14.5. The highest BCUT2D eigenvalue weighted by molar-refractivity contribution is 7.90. The van der Waals surface area contributed by atoms with Gasteiger partial charge in [-0.2, -0.15) is 0 Å². The standard InChI is InChI=1S/C20H26F2N6O2S/c1-12-6-14(10-31(3,29)30)13(2)28(9-12)19-7-16(25-11-26-19)17-8-24-18(27-17)5-4-15(23)20(21)22/h4-5,7-8,11-14,20,23H,6,9-10H2,1-3H3,(H,24,27)/b5-4-,23-15?. The number of hydrogen-bond acceptors (Lipinski definition) is 7. The second-order valence-corrected chi connectivity index (χ2v) is 10.3. The van der Waals surface area contributed by atoms with Crippen LogP contribution in [-0.2, 0) is 9.84 Å². The van der Waals surface area contributed by atoms with Crippen molar-refractivity contribution in [3.05, 3.63) is 30.5 Å². The number of H-pyrrole nitrogens is 1. The molecule has 1 fully saturated rings. The van der Waals surface area contributed by atoms with E-state index in [1.54, 1.807) is 6.07 Å². The molecule has 1 aliphatic heterocycles. The molecule has 0 spiro atoms. The van der Waals surface area contributed by atoms with E-state index in [0.717, 1.165) is 19.0 Å². The molecule has 2 aromatic heterocycles. The van der Waals surface area contributed by atoms with Gasteiger partial charge in [-0.05, 0) is 37.3 Å². The highest BCUT2D eigenvalue weighted by Gasteiger charge is 2.34. The van der Waals surface area contributed by atoms with Crippen LogP contribution in [0, 0.1) is 17.2 Å². The first kappa shape index (κ1) is 23.0. The largest absolute Gasteiger partial charge is 0.353 e. The molecule has 0 saturated carbocycles. The van der Waals surface area contributed by atoms with E-state index in [1.807, 2.05) is 6.92 Å². The van der Waals surface area contributed by atoms with Crippen LogP contribution in [0.15, 0.2) is 24.7 Å². The van der Waals surface area contributed by atoms with Gasteiger partial charge >= 0.3 is 0 Å². The van der Waals surface area contributed by atoms with Gasteiger partial charge in [0.2, 0.25) is 0 Å². The zero-order valence-corrected chi connectivity index (χ0v) is 18.4. The zero-order chi connectivity index (χ0) is 22.8. The lowest BCUT2D eigenvalue weighted by atomic mass is 9.86. The molecule has 0 aromatic carbocycles. The summed E-state index contributed by atoms with van der Waals surface area (Å²) in [5.74, 6) is 1.47. The van der Waals surface area contributed by atoms with Crippen molar-refractivity contribution in [3.8, 4) is 11.4 Å². The van der Waals surface area contributed by atoms with E-state index in [4.69, 9.17) is 5.41 Å². The number of imidazole rings is 1. The van der Waals surface area contributed by atoms with E-state index in [2.05, 4.69) is 31.8 Å². The number of aromatic amines is 1. The number of hydrogen-bond donors (Lipinski definition) is 2. The van der Waals surface area contributed by atoms with Crippen molar-refractivity contribution >= 4 is 27.4 Å². The van der Waals surface area contributed by atoms with Crippen LogP contribution in [0.2, 0.25) is 0 Å². The molecule has 2 aromatic rings. The summed E-state index contributed by atoms with van der Waals surface area (Å²) >= 11 is 0. The number of sulfone groups is 1. The van der Waals surface area contributed by atoms with Gasteiger partial charge in [0.15, 0.2) is 0 Å². The highest BCUT2D eigenvalue weighted by atomic mass is 32.2. The van der Waals surface area contributed by atoms with Crippen LogP contribution < -0.4 is 4.90 Å². The van der Waals surface area contributed by atoms with Gasteiger partial charge in [-0.1, -0.05) is 6.92 Å². The maximum atomic E-state index is 12.4. The third kappa shape index (κ3) is 5.93. The smallest absolute Gasteiger partial charge is 0.279 e. The maximum Gasteiger partial charge on any atom is 0.279 e. The first-order valence-electron chi connectivity index (χ1n) is 9.90. The maximum absolute atomic E-state index is 12.4. The zero-order valence-electron chi connectivity index (χ0n) is 17.6. The number of halogens is 2. The van der Waals surface area contributed by atoms with Crippen LogP contribution in [0.5, 0.6) is 0 Å². The molecule has 0 amide bonds. The van der Waals surface area contributed by atoms with E-state index in [0.29, 0.717) is 28.9 Å². The molecule has 3 unspecified atom stereocenters. The summed E-state index contributed by atoms with van der Waals surface area (Å²) in [4.78, 5) is 17.9. The number of aromatic nitrogens is 4. The lowest BCUT2D eigenvalue weighted by Gasteiger charge is -2.43. The molecular formula is C20H26F2N6O2S. The van der Waals surface area contributed by atoms with Crippen LogP contribution in [-0.4, -0.2) is 65.1 Å². The fraction of sp³-hybridized carbons (Fsp3) is 0.500. The van der Waals surface area contributed by atoms with Crippen LogP contribution >= 0.6 is 0 Å². The number of alkyl halides is 2. The number of piperidine rings is 1. The molecule has 0 radical (unpaired) electrons. The molecule has 8 nitrogen and oxygen atoms in total. The lowest BCUT2D eigenvalue weighted by Crippen LogP contribution is -2.49. The molecule has 3 heterocycles. The summed E-state index contributed by atoms with van der Waals surface area (Å²) in [6.07, 6.45) is 4.54. The molecular weight excluding hydrogens is 426 g/mol. The monoisotopic (exact) mass is 452 g/mol. The summed E-state index contributed by atoms with van der Waals surface area (Å²) in [6, 6.07) is 1.79. The molecule has 1 aliphatic rings. The van der Waals surface area contributed by atoms with Gasteiger partial charge in [0, 0.05) is 24.9 Å². The molecule has 31 heavy (non-hydrogen) atoms. The van der Waals surface area contributed by atoms with Crippen LogP contribution in [0.1, 0.15) is 26.1 Å². The Hall–Kier alpha value is -2.69. The Labute approximate surface area is 180 Å². The fourth-order valence-corrected chi connectivity index (χ4v) is 5.08. The molecule has 1 saturated heterocycles. The second-order valence-electron chi connectivity index (χ2n) is 8.12. The Morgan fingerprint density at radius 1 is 1.35 bits per heavy atom. The van der Waals surface area contributed by atoms with Crippen molar-refractivity contribution in [2.45, 2.75) is 32.7 Å². The summed E-state index contributed by atoms with van der Waals surface area (Å²) in [7, 11) is -3.09. The van der Waals surface area contributed by atoms with Gasteiger partial charge in [0.1, 0.15) is 27.8 Å². The van der Waals surface area contributed by atoms with Gasteiger partial charge in [0.05, 0.1) is 29.0 Å². The number of nitrogens with one attached hydrogen (secondary N) is 2. The van der Waals surface area contributed by atoms with E-state index in [1.165, 1.54) is 24.9 Å². The fourth-order valence-electron chi connectivity index (χ4n) is 3.89. The molecule has 0 bridgehead atoms. The summed E-state index contributed by atoms with van der Waals surface area (Å²) in [5.41, 5.74) is 0.363. The van der Waals surface area contributed by atoms with Gasteiger partial charge in [-0.3, -0.25) is 5.41 Å². The van der Waals surface area contributed by atoms with Crippen molar-refractivity contribution in [2.75, 3.05) is 23.5 Å². The Kier molecular flexibility index (Phi) is 6.83. The Morgan fingerprint density at radius 3 is 2.77 bits per heavy atom. The number of anilines is 1. The highest BCUT2D eigenvalue weighted by Crippen LogP contribution is 2.32. The number of allylic oxidation sites excluding steroid dienone is 1. The summed E-state index contributed by atoms with van der Waals surface area (Å²) in [6.45, 7) is 4.87. The van der Waals surface area contributed by atoms with Crippen molar-refractivity contribution < 1.29 is 17.2 Å². The van der Waals surface area contributed by atoms with Crippen molar-refractivity contribution in [2.24, 2.45) is 11.8 Å². The van der Waals surface area contributed by atoms with Crippen LogP contribution in [0.3, 0.4) is 0 Å². The minimum absolute atomic E-state index is 0.00528. The third-order valence-corrected chi connectivity index (χ3v) is 6.41. The average Bonchev–Trinajstić information content (AvgIpc) is 3.16. The SMILES string of the molecule is CC1CC(CS(C)(=O)=O)C(C)N(c2cc(-c3cnc(/C=C\C(=N)C(F)F)[nH]3)ncn2)C1. The molecule has 0 aliphatic carbocycles. The van der Waals surface area contributed by atoms with Crippen molar-refractivity contribution in [1.82, 2.24) is 19.9 Å². The molecule has 2 N–H and O–H groups in total. The third-order valence-electron chi connectivity index (χ3n) is 5.38. The molecule has 168 valence electrons. The summed E-state index contributed by atoms with van der Waals surface area (Å²) < 4.78 is 48.6. The minimum Gasteiger partial charge on any atom is -0.353 e. The second kappa shape index (κ2) is 9.21. The molecule has 11 heteroatoms. The van der Waals surface area contributed by atoms with Gasteiger partial charge in [0.25, 0.3) is 6.43 Å². The Morgan fingerprint density at radius 2 is 2.10 bits per heavy atom. The first-order valence-corrected chi connectivity index (χ1v) is 12.0. The summed E-state index contributed by atoms with van der Waals surface area (Å²) in [5, 5.41) is 7.17. The number of nitrogens with zero attached hydrogens (tertiary/aromatic N) is 4.